The molecule has 2 aromatic rings. The summed E-state index contributed by atoms with van der Waals surface area (Å²) < 4.78 is 7.14. The average molecular weight is 276 g/mol. The molecule has 0 amide bonds. The Morgan fingerprint density at radius 1 is 1.45 bits per heavy atom. The van der Waals surface area contributed by atoms with Crippen molar-refractivity contribution in [3.8, 4) is 0 Å². The van der Waals surface area contributed by atoms with Crippen LogP contribution in [0, 0.1) is 6.92 Å². The average Bonchev–Trinajstić information content (AvgIpc) is 2.78. The van der Waals surface area contributed by atoms with Gasteiger partial charge in [-0.15, -0.1) is 0 Å². The van der Waals surface area contributed by atoms with E-state index in [4.69, 9.17) is 4.74 Å². The molecule has 108 valence electrons. The summed E-state index contributed by atoms with van der Waals surface area (Å²) in [6.45, 7) is 3.75. The summed E-state index contributed by atoms with van der Waals surface area (Å²) in [6.07, 6.45) is 4.90. The largest absolute Gasteiger partial charge is 0.388 e. The van der Waals surface area contributed by atoms with Crippen LogP contribution in [0.4, 0.5) is 5.82 Å². The fourth-order valence-corrected chi connectivity index (χ4v) is 2.75. The number of hydrogen-bond acceptors (Lipinski definition) is 5. The van der Waals surface area contributed by atoms with E-state index in [1.54, 1.807) is 6.20 Å². The predicted molar refractivity (Wildman–Crippen MR) is 76.0 cm³/mol. The maximum Gasteiger partial charge on any atom is 0.154 e. The van der Waals surface area contributed by atoms with Crippen molar-refractivity contribution in [2.75, 3.05) is 31.7 Å². The normalized spacial score (nSPS) is 18.4. The Labute approximate surface area is 118 Å². The van der Waals surface area contributed by atoms with Gasteiger partial charge in [-0.3, -0.25) is 0 Å². The maximum atomic E-state index is 10.6. The Morgan fingerprint density at radius 2 is 2.20 bits per heavy atom. The molecule has 1 fully saturated rings. The molecule has 0 unspecified atom stereocenters. The molecule has 1 saturated heterocycles. The van der Waals surface area contributed by atoms with Crippen LogP contribution in [-0.4, -0.2) is 52.1 Å². The van der Waals surface area contributed by atoms with Crippen molar-refractivity contribution >= 4 is 11.3 Å². The molecule has 0 aromatic carbocycles. The van der Waals surface area contributed by atoms with Crippen LogP contribution in [-0.2, 0) is 4.74 Å². The second-order valence-corrected chi connectivity index (χ2v) is 5.56. The van der Waals surface area contributed by atoms with Gasteiger partial charge in [0.05, 0.1) is 11.3 Å². The molecule has 0 saturated carbocycles. The lowest BCUT2D eigenvalue weighted by Gasteiger charge is -2.35. The zero-order chi connectivity index (χ0) is 14.2. The Kier molecular flexibility index (Phi) is 3.35. The first-order valence-electron chi connectivity index (χ1n) is 6.90. The topological polar surface area (TPSA) is 62.9 Å². The van der Waals surface area contributed by atoms with Crippen molar-refractivity contribution < 1.29 is 9.84 Å². The molecule has 0 bridgehead atoms. The van der Waals surface area contributed by atoms with Gasteiger partial charge in [0.2, 0.25) is 0 Å². The molecule has 0 spiro atoms. The van der Waals surface area contributed by atoms with Crippen molar-refractivity contribution in [1.29, 1.82) is 0 Å². The van der Waals surface area contributed by atoms with E-state index in [-0.39, 0.29) is 0 Å². The summed E-state index contributed by atoms with van der Waals surface area (Å²) in [5.41, 5.74) is 1.22. The SMILES string of the molecule is Cc1cc2c(N(C)CC3(O)CCOCC3)nccn2n1. The van der Waals surface area contributed by atoms with Gasteiger partial charge < -0.3 is 14.7 Å². The van der Waals surface area contributed by atoms with Crippen molar-refractivity contribution in [1.82, 2.24) is 14.6 Å². The van der Waals surface area contributed by atoms with Crippen LogP contribution < -0.4 is 4.90 Å². The fraction of sp³-hybridized carbons (Fsp3) is 0.571. The first-order valence-corrected chi connectivity index (χ1v) is 6.90. The Bertz CT molecular complexity index is 604. The molecule has 3 rings (SSSR count). The van der Waals surface area contributed by atoms with E-state index in [1.807, 2.05) is 35.6 Å². The molecule has 1 N–H and O–H groups in total. The van der Waals surface area contributed by atoms with Crippen molar-refractivity contribution in [2.45, 2.75) is 25.4 Å². The van der Waals surface area contributed by atoms with Gasteiger partial charge in [-0.1, -0.05) is 0 Å². The Hall–Kier alpha value is -1.66. The first kappa shape index (κ1) is 13.3. The number of aryl methyl sites for hydroxylation is 1. The summed E-state index contributed by atoms with van der Waals surface area (Å²) in [4.78, 5) is 6.44. The van der Waals surface area contributed by atoms with Gasteiger partial charge in [-0.2, -0.15) is 5.10 Å². The van der Waals surface area contributed by atoms with Crippen LogP contribution in [0.15, 0.2) is 18.5 Å². The van der Waals surface area contributed by atoms with E-state index in [2.05, 4.69) is 10.1 Å². The summed E-state index contributed by atoms with van der Waals surface area (Å²) in [6, 6.07) is 2.01. The van der Waals surface area contributed by atoms with E-state index < -0.39 is 5.60 Å². The molecular weight excluding hydrogens is 256 g/mol. The van der Waals surface area contributed by atoms with Gasteiger partial charge in [0.1, 0.15) is 5.52 Å². The van der Waals surface area contributed by atoms with E-state index >= 15 is 0 Å². The predicted octanol–water partition coefficient (Wildman–Crippen LogP) is 1.02. The third kappa shape index (κ3) is 2.48. The quantitative estimate of drug-likeness (QED) is 0.906. The maximum absolute atomic E-state index is 10.6. The molecule has 6 heteroatoms. The minimum absolute atomic E-state index is 0.549. The number of nitrogens with zero attached hydrogens (tertiary/aromatic N) is 4. The highest BCUT2D eigenvalue weighted by atomic mass is 16.5. The number of ether oxygens (including phenoxy) is 1. The highest BCUT2D eigenvalue weighted by Gasteiger charge is 2.31. The molecule has 0 radical (unpaired) electrons. The van der Waals surface area contributed by atoms with E-state index in [9.17, 15) is 5.11 Å². The highest BCUT2D eigenvalue weighted by Crippen LogP contribution is 2.25. The van der Waals surface area contributed by atoms with Crippen molar-refractivity contribution in [3.05, 3.63) is 24.2 Å². The third-order valence-corrected chi connectivity index (χ3v) is 3.81. The van der Waals surface area contributed by atoms with Crippen LogP contribution >= 0.6 is 0 Å². The standard InChI is InChI=1S/C14H20N4O2/c1-11-9-12-13(15-5-6-18(12)16-11)17(2)10-14(19)3-7-20-8-4-14/h5-6,9,19H,3-4,7-8,10H2,1-2H3. The first-order chi connectivity index (χ1) is 9.57. The van der Waals surface area contributed by atoms with Gasteiger partial charge in [0.25, 0.3) is 0 Å². The lowest BCUT2D eigenvalue weighted by atomic mass is 9.94. The third-order valence-electron chi connectivity index (χ3n) is 3.81. The highest BCUT2D eigenvalue weighted by molar-refractivity contribution is 5.68. The zero-order valence-corrected chi connectivity index (χ0v) is 11.9. The van der Waals surface area contributed by atoms with Crippen molar-refractivity contribution in [2.24, 2.45) is 0 Å². The molecule has 6 nitrogen and oxygen atoms in total. The summed E-state index contributed by atoms with van der Waals surface area (Å²) in [7, 11) is 1.96. The van der Waals surface area contributed by atoms with Crippen LogP contribution in [0.1, 0.15) is 18.5 Å². The van der Waals surface area contributed by atoms with Gasteiger partial charge in [-0.25, -0.2) is 9.50 Å². The minimum Gasteiger partial charge on any atom is -0.388 e. The van der Waals surface area contributed by atoms with Gasteiger partial charge >= 0.3 is 0 Å². The number of likely N-dealkylation sites (N-methyl/N-ethyl adjacent to an activating group) is 1. The van der Waals surface area contributed by atoms with Crippen LogP contribution in [0.25, 0.3) is 5.52 Å². The molecule has 1 aliphatic heterocycles. The minimum atomic E-state index is -0.698. The second-order valence-electron chi connectivity index (χ2n) is 5.56. The van der Waals surface area contributed by atoms with E-state index in [1.165, 1.54) is 0 Å². The summed E-state index contributed by atoms with van der Waals surface area (Å²) >= 11 is 0. The van der Waals surface area contributed by atoms with Crippen molar-refractivity contribution in [3.63, 3.8) is 0 Å². The van der Waals surface area contributed by atoms with Gasteiger partial charge in [0.15, 0.2) is 5.82 Å². The number of hydrogen-bond donors (Lipinski definition) is 1. The molecule has 2 aromatic heterocycles. The number of fused-ring (bicyclic) bond motifs is 1. The number of aliphatic hydroxyl groups is 1. The molecule has 0 atom stereocenters. The summed E-state index contributed by atoms with van der Waals surface area (Å²) in [5, 5.41) is 15.0. The summed E-state index contributed by atoms with van der Waals surface area (Å²) in [5.74, 6) is 0.841. The van der Waals surface area contributed by atoms with Crippen LogP contribution in [0.2, 0.25) is 0 Å². The fourth-order valence-electron chi connectivity index (χ4n) is 2.75. The lowest BCUT2D eigenvalue weighted by Crippen LogP contribution is -2.46. The van der Waals surface area contributed by atoms with Gasteiger partial charge in [0, 0.05) is 52.0 Å². The molecular formula is C14H20N4O2. The zero-order valence-electron chi connectivity index (χ0n) is 11.9. The lowest BCUT2D eigenvalue weighted by molar-refractivity contribution is -0.0573. The monoisotopic (exact) mass is 276 g/mol. The Balaban J connectivity index is 1.86. The van der Waals surface area contributed by atoms with Crippen LogP contribution in [0.3, 0.4) is 0 Å². The molecule has 1 aliphatic rings. The van der Waals surface area contributed by atoms with Crippen LogP contribution in [0.5, 0.6) is 0 Å². The van der Waals surface area contributed by atoms with E-state index in [0.717, 1.165) is 17.0 Å². The smallest absolute Gasteiger partial charge is 0.154 e. The molecule has 20 heavy (non-hydrogen) atoms. The number of anilines is 1. The number of rotatable bonds is 3. The van der Waals surface area contributed by atoms with Gasteiger partial charge in [-0.05, 0) is 13.0 Å². The Morgan fingerprint density at radius 3 is 2.95 bits per heavy atom. The molecule has 3 heterocycles. The molecule has 0 aliphatic carbocycles. The second kappa shape index (κ2) is 5.03. The number of aromatic nitrogens is 3. The van der Waals surface area contributed by atoms with E-state index in [0.29, 0.717) is 32.6 Å².